The highest BCUT2D eigenvalue weighted by molar-refractivity contribution is 7.91. The quantitative estimate of drug-likeness (QED) is 0.779. The second-order valence-electron chi connectivity index (χ2n) is 4.26. The number of nitrogens with zero attached hydrogens (tertiary/aromatic N) is 1. The maximum atomic E-state index is 13.5. The third kappa shape index (κ3) is 3.87. The first-order valence-corrected chi connectivity index (χ1v) is 8.84. The lowest BCUT2D eigenvalue weighted by Gasteiger charge is -2.17. The highest BCUT2D eigenvalue weighted by atomic mass is 32.2. The zero-order valence-electron chi connectivity index (χ0n) is 10.8. The van der Waals surface area contributed by atoms with Gasteiger partial charge in [-0.15, -0.1) is 0 Å². The van der Waals surface area contributed by atoms with Gasteiger partial charge < -0.3 is 5.73 Å². The van der Waals surface area contributed by atoms with Crippen molar-refractivity contribution in [2.45, 2.75) is 4.90 Å². The Morgan fingerprint density at radius 2 is 1.70 bits per heavy atom. The number of rotatable bonds is 5. The van der Waals surface area contributed by atoms with Gasteiger partial charge in [-0.1, -0.05) is 0 Å². The molecule has 0 fully saturated rings. The van der Waals surface area contributed by atoms with Crippen LogP contribution in [0.5, 0.6) is 0 Å². The van der Waals surface area contributed by atoms with E-state index in [1.165, 1.54) is 0 Å². The Kier molecular flexibility index (Phi) is 4.72. The average Bonchev–Trinajstić information content (AvgIpc) is 2.29. The molecule has 0 saturated heterocycles. The molecular formula is C10H14F2N2O4S2. The Morgan fingerprint density at radius 3 is 2.20 bits per heavy atom. The molecule has 0 saturated carbocycles. The van der Waals surface area contributed by atoms with Crippen LogP contribution in [0.25, 0.3) is 0 Å². The summed E-state index contributed by atoms with van der Waals surface area (Å²) in [5.74, 6) is -2.77. The first kappa shape index (κ1) is 16.8. The summed E-state index contributed by atoms with van der Waals surface area (Å²) in [5, 5.41) is 0. The number of hydrogen-bond acceptors (Lipinski definition) is 5. The molecule has 0 aromatic heterocycles. The van der Waals surface area contributed by atoms with Crippen molar-refractivity contribution in [3.63, 3.8) is 0 Å². The Labute approximate surface area is 116 Å². The normalized spacial score (nSPS) is 12.8. The van der Waals surface area contributed by atoms with Gasteiger partial charge in [-0.3, -0.25) is 0 Å². The van der Waals surface area contributed by atoms with Gasteiger partial charge in [-0.2, -0.15) is 4.31 Å². The smallest absolute Gasteiger partial charge is 0.245 e. The fraction of sp³-hybridized carbons (Fsp3) is 0.400. The number of nitrogen functional groups attached to an aromatic ring is 1. The Morgan fingerprint density at radius 1 is 1.15 bits per heavy atom. The molecule has 10 heteroatoms. The van der Waals surface area contributed by atoms with Crippen LogP contribution in [0, 0.1) is 11.6 Å². The van der Waals surface area contributed by atoms with Gasteiger partial charge in [-0.25, -0.2) is 25.6 Å². The van der Waals surface area contributed by atoms with Gasteiger partial charge in [0, 0.05) is 25.9 Å². The number of anilines is 1. The molecule has 0 spiro atoms. The van der Waals surface area contributed by atoms with Gasteiger partial charge in [0.25, 0.3) is 0 Å². The summed E-state index contributed by atoms with van der Waals surface area (Å²) in [6.07, 6.45) is 0.948. The SMILES string of the molecule is CN(CCS(C)(=O)=O)S(=O)(=O)c1cc(N)c(F)cc1F. The topological polar surface area (TPSA) is 97.5 Å². The summed E-state index contributed by atoms with van der Waals surface area (Å²) < 4.78 is 73.3. The second-order valence-corrected chi connectivity index (χ2v) is 8.53. The van der Waals surface area contributed by atoms with Gasteiger partial charge in [0.2, 0.25) is 10.0 Å². The maximum absolute atomic E-state index is 13.5. The summed E-state index contributed by atoms with van der Waals surface area (Å²) in [5.41, 5.74) is 4.70. The van der Waals surface area contributed by atoms with E-state index in [4.69, 9.17) is 5.73 Å². The Bertz CT molecular complexity index is 717. The highest BCUT2D eigenvalue weighted by Crippen LogP contribution is 2.23. The van der Waals surface area contributed by atoms with Crippen LogP contribution in [0.4, 0.5) is 14.5 Å². The van der Waals surface area contributed by atoms with Crippen molar-refractivity contribution in [3.8, 4) is 0 Å². The monoisotopic (exact) mass is 328 g/mol. The van der Waals surface area contributed by atoms with Crippen molar-refractivity contribution < 1.29 is 25.6 Å². The lowest BCUT2D eigenvalue weighted by Crippen LogP contribution is -2.32. The third-order valence-corrected chi connectivity index (χ3v) is 5.31. The molecular weight excluding hydrogens is 314 g/mol. The van der Waals surface area contributed by atoms with Crippen LogP contribution in [-0.2, 0) is 19.9 Å². The lowest BCUT2D eigenvalue weighted by molar-refractivity contribution is 0.475. The molecule has 0 heterocycles. The van der Waals surface area contributed by atoms with E-state index in [0.717, 1.165) is 13.3 Å². The van der Waals surface area contributed by atoms with Crippen LogP contribution in [0.15, 0.2) is 17.0 Å². The second kappa shape index (κ2) is 5.62. The van der Waals surface area contributed by atoms with Crippen LogP contribution in [0.2, 0.25) is 0 Å². The van der Waals surface area contributed by atoms with Crippen molar-refractivity contribution in [1.29, 1.82) is 0 Å². The molecule has 0 aliphatic carbocycles. The van der Waals surface area contributed by atoms with E-state index in [0.29, 0.717) is 16.4 Å². The number of nitrogens with two attached hydrogens (primary N) is 1. The van der Waals surface area contributed by atoms with Crippen molar-refractivity contribution in [2.75, 3.05) is 31.3 Å². The minimum Gasteiger partial charge on any atom is -0.396 e. The van der Waals surface area contributed by atoms with Crippen LogP contribution in [-0.4, -0.2) is 46.7 Å². The summed E-state index contributed by atoms with van der Waals surface area (Å²) in [7, 11) is -6.56. The maximum Gasteiger partial charge on any atom is 0.245 e. The fourth-order valence-electron chi connectivity index (χ4n) is 1.32. The number of benzene rings is 1. The van der Waals surface area contributed by atoms with Gasteiger partial charge >= 0.3 is 0 Å². The van der Waals surface area contributed by atoms with E-state index in [1.54, 1.807) is 0 Å². The highest BCUT2D eigenvalue weighted by Gasteiger charge is 2.26. The van der Waals surface area contributed by atoms with E-state index in [-0.39, 0.29) is 6.54 Å². The Balaban J connectivity index is 3.14. The Hall–Kier alpha value is -1.26. The van der Waals surface area contributed by atoms with E-state index < -0.39 is 47.8 Å². The summed E-state index contributed by atoms with van der Waals surface area (Å²) in [6.45, 7) is -0.349. The molecule has 0 amide bonds. The molecule has 20 heavy (non-hydrogen) atoms. The first-order valence-electron chi connectivity index (χ1n) is 5.34. The van der Waals surface area contributed by atoms with Gasteiger partial charge in [0.1, 0.15) is 26.4 Å². The van der Waals surface area contributed by atoms with Gasteiger partial charge in [0.05, 0.1) is 11.4 Å². The molecule has 0 atom stereocenters. The minimum atomic E-state index is -4.28. The number of sulfone groups is 1. The summed E-state index contributed by atoms with van der Waals surface area (Å²) in [4.78, 5) is -0.799. The predicted octanol–water partition coefficient (Wildman–Crippen LogP) is 0.212. The van der Waals surface area contributed by atoms with E-state index >= 15 is 0 Å². The van der Waals surface area contributed by atoms with E-state index in [2.05, 4.69) is 0 Å². The van der Waals surface area contributed by atoms with Crippen molar-refractivity contribution in [3.05, 3.63) is 23.8 Å². The van der Waals surface area contributed by atoms with Crippen molar-refractivity contribution >= 4 is 25.5 Å². The molecule has 6 nitrogen and oxygen atoms in total. The largest absolute Gasteiger partial charge is 0.396 e. The molecule has 2 N–H and O–H groups in total. The van der Waals surface area contributed by atoms with Crippen LogP contribution in [0.1, 0.15) is 0 Å². The van der Waals surface area contributed by atoms with E-state index in [9.17, 15) is 25.6 Å². The number of halogens is 2. The zero-order chi connectivity index (χ0) is 15.7. The van der Waals surface area contributed by atoms with Crippen LogP contribution in [0.3, 0.4) is 0 Å². The molecule has 0 radical (unpaired) electrons. The third-order valence-electron chi connectivity index (χ3n) is 2.52. The van der Waals surface area contributed by atoms with Crippen molar-refractivity contribution in [2.24, 2.45) is 0 Å². The average molecular weight is 328 g/mol. The fourth-order valence-corrected chi connectivity index (χ4v) is 3.29. The van der Waals surface area contributed by atoms with Crippen LogP contribution < -0.4 is 5.73 Å². The molecule has 1 aromatic carbocycles. The number of sulfonamides is 1. The molecule has 114 valence electrons. The first-order chi connectivity index (χ1) is 8.95. The molecule has 0 bridgehead atoms. The summed E-state index contributed by atoms with van der Waals surface area (Å²) in [6, 6.07) is 1.03. The number of hydrogen-bond donors (Lipinski definition) is 1. The van der Waals surface area contributed by atoms with E-state index in [1.807, 2.05) is 0 Å². The molecule has 0 aliphatic rings. The van der Waals surface area contributed by atoms with Crippen molar-refractivity contribution in [1.82, 2.24) is 4.31 Å². The standard InChI is InChI=1S/C10H14F2N2O4S2/c1-14(3-4-19(2,15)16)20(17,18)10-6-9(13)7(11)5-8(10)12/h5-6H,3-4,13H2,1-2H3. The zero-order valence-corrected chi connectivity index (χ0v) is 12.4. The molecule has 0 aliphatic heterocycles. The minimum absolute atomic E-state index is 0.349. The molecule has 0 unspecified atom stereocenters. The summed E-state index contributed by atoms with van der Waals surface area (Å²) >= 11 is 0. The predicted molar refractivity (Wildman–Crippen MR) is 70.3 cm³/mol. The molecule has 1 aromatic rings. The van der Waals surface area contributed by atoms with Gasteiger partial charge in [-0.05, 0) is 6.07 Å². The molecule has 1 rings (SSSR count). The van der Waals surface area contributed by atoms with Gasteiger partial charge in [0.15, 0.2) is 0 Å². The van der Waals surface area contributed by atoms with Crippen LogP contribution >= 0.6 is 0 Å². The lowest BCUT2D eigenvalue weighted by atomic mass is 10.3.